The number of benzene rings is 1. The molecule has 0 radical (unpaired) electrons. The van der Waals surface area contributed by atoms with Crippen molar-refractivity contribution in [3.63, 3.8) is 0 Å². The highest BCUT2D eigenvalue weighted by Gasteiger charge is 2.33. The molecule has 2 aliphatic heterocycles. The van der Waals surface area contributed by atoms with Crippen molar-refractivity contribution in [1.82, 2.24) is 24.6 Å². The standard InChI is InChI=1S/C25H30N6O/c1-18-21-10-11-23(32)31(14-12-19-7-4-3-5-8-19)25(21)28-24(27-18)22-9-6-13-30(22)17-20-15-26-29(2)16-20/h3-5,7-8,15-16,22H,6,9-14,17H2,1-2H3. The van der Waals surface area contributed by atoms with Gasteiger partial charge in [-0.1, -0.05) is 30.3 Å². The fourth-order valence-electron chi connectivity index (χ4n) is 4.96. The van der Waals surface area contributed by atoms with Crippen molar-refractivity contribution >= 4 is 11.7 Å². The molecule has 0 N–H and O–H groups in total. The Labute approximate surface area is 189 Å². The molecule has 1 atom stereocenters. The van der Waals surface area contributed by atoms with Crippen LogP contribution in [0.3, 0.4) is 0 Å². The molecule has 5 rings (SSSR count). The molecule has 1 amide bonds. The second-order valence-corrected chi connectivity index (χ2v) is 8.90. The summed E-state index contributed by atoms with van der Waals surface area (Å²) in [7, 11) is 1.95. The molecule has 2 aliphatic rings. The maximum atomic E-state index is 12.9. The first-order valence-electron chi connectivity index (χ1n) is 11.5. The molecule has 3 aromatic rings. The number of hydrogen-bond donors (Lipinski definition) is 0. The Balaban J connectivity index is 1.42. The normalized spacial score (nSPS) is 18.9. The van der Waals surface area contributed by atoms with Crippen LogP contribution in [0.2, 0.25) is 0 Å². The van der Waals surface area contributed by atoms with Gasteiger partial charge in [0.15, 0.2) is 0 Å². The van der Waals surface area contributed by atoms with Crippen LogP contribution in [-0.2, 0) is 31.2 Å². The predicted octanol–water partition coefficient (Wildman–Crippen LogP) is 3.38. The minimum atomic E-state index is 0.163. The summed E-state index contributed by atoms with van der Waals surface area (Å²) < 4.78 is 1.84. The second kappa shape index (κ2) is 8.82. The van der Waals surface area contributed by atoms with Crippen LogP contribution in [0.5, 0.6) is 0 Å². The Morgan fingerprint density at radius 2 is 1.94 bits per heavy atom. The van der Waals surface area contributed by atoms with Crippen molar-refractivity contribution in [2.45, 2.75) is 51.6 Å². The van der Waals surface area contributed by atoms with E-state index in [1.54, 1.807) is 0 Å². The van der Waals surface area contributed by atoms with Gasteiger partial charge in [0, 0.05) is 49.6 Å². The summed E-state index contributed by atoms with van der Waals surface area (Å²) in [6.45, 7) is 4.58. The van der Waals surface area contributed by atoms with E-state index >= 15 is 0 Å². The molecule has 1 saturated heterocycles. The lowest BCUT2D eigenvalue weighted by Gasteiger charge is -2.31. The predicted molar refractivity (Wildman–Crippen MR) is 123 cm³/mol. The number of amides is 1. The monoisotopic (exact) mass is 430 g/mol. The first kappa shape index (κ1) is 20.8. The lowest BCUT2D eigenvalue weighted by atomic mass is 10.0. The number of rotatable bonds is 6. The molecule has 1 fully saturated rings. The third kappa shape index (κ3) is 4.17. The van der Waals surface area contributed by atoms with Gasteiger partial charge in [-0.15, -0.1) is 0 Å². The molecule has 0 saturated carbocycles. The van der Waals surface area contributed by atoms with E-state index < -0.39 is 0 Å². The average molecular weight is 431 g/mol. The Morgan fingerprint density at radius 3 is 2.72 bits per heavy atom. The number of fused-ring (bicyclic) bond motifs is 1. The van der Waals surface area contributed by atoms with Crippen molar-refractivity contribution in [1.29, 1.82) is 0 Å². The van der Waals surface area contributed by atoms with Crippen molar-refractivity contribution in [3.8, 4) is 0 Å². The van der Waals surface area contributed by atoms with Crippen LogP contribution in [0.15, 0.2) is 42.7 Å². The number of aryl methyl sites for hydroxylation is 2. The molecular weight excluding hydrogens is 400 g/mol. The van der Waals surface area contributed by atoms with Crippen LogP contribution in [-0.4, -0.2) is 43.6 Å². The number of anilines is 1. The van der Waals surface area contributed by atoms with Gasteiger partial charge in [-0.25, -0.2) is 9.97 Å². The molecule has 4 heterocycles. The van der Waals surface area contributed by atoms with Crippen LogP contribution in [0.4, 0.5) is 5.82 Å². The third-order valence-electron chi connectivity index (χ3n) is 6.63. The maximum absolute atomic E-state index is 12.9. The van der Waals surface area contributed by atoms with Crippen molar-refractivity contribution in [3.05, 3.63) is 70.9 Å². The fraction of sp³-hybridized carbons (Fsp3) is 0.440. The molecule has 7 nitrogen and oxygen atoms in total. The smallest absolute Gasteiger partial charge is 0.228 e. The van der Waals surface area contributed by atoms with E-state index in [0.29, 0.717) is 13.0 Å². The molecule has 0 aliphatic carbocycles. The van der Waals surface area contributed by atoms with E-state index in [2.05, 4.69) is 35.3 Å². The van der Waals surface area contributed by atoms with Gasteiger partial charge in [0.2, 0.25) is 5.91 Å². The summed E-state index contributed by atoms with van der Waals surface area (Å²) in [4.78, 5) is 27.2. The molecule has 7 heteroatoms. The average Bonchev–Trinajstić information content (AvgIpc) is 3.42. The first-order valence-corrected chi connectivity index (χ1v) is 11.5. The highest BCUT2D eigenvalue weighted by Crippen LogP contribution is 2.35. The van der Waals surface area contributed by atoms with Crippen LogP contribution >= 0.6 is 0 Å². The first-order chi connectivity index (χ1) is 15.6. The maximum Gasteiger partial charge on any atom is 0.228 e. The van der Waals surface area contributed by atoms with Crippen LogP contribution in [0, 0.1) is 6.92 Å². The summed E-state index contributed by atoms with van der Waals surface area (Å²) >= 11 is 0. The van der Waals surface area contributed by atoms with Gasteiger partial charge in [0.1, 0.15) is 11.6 Å². The van der Waals surface area contributed by atoms with E-state index in [1.165, 1.54) is 11.1 Å². The fourth-order valence-corrected chi connectivity index (χ4v) is 4.96. The quantitative estimate of drug-likeness (QED) is 0.600. The highest BCUT2D eigenvalue weighted by molar-refractivity contribution is 5.95. The molecule has 32 heavy (non-hydrogen) atoms. The van der Waals surface area contributed by atoms with Gasteiger partial charge in [-0.3, -0.25) is 19.3 Å². The van der Waals surface area contributed by atoms with Gasteiger partial charge >= 0.3 is 0 Å². The number of aromatic nitrogens is 4. The zero-order valence-electron chi connectivity index (χ0n) is 18.9. The zero-order valence-corrected chi connectivity index (χ0v) is 18.9. The minimum Gasteiger partial charge on any atom is -0.296 e. The SMILES string of the molecule is Cc1nc(C2CCCN2Cc2cnn(C)c2)nc2c1CCC(=O)N2CCc1ccccc1. The van der Waals surface area contributed by atoms with Crippen molar-refractivity contribution in [2.24, 2.45) is 7.05 Å². The van der Waals surface area contributed by atoms with Gasteiger partial charge in [0.25, 0.3) is 0 Å². The van der Waals surface area contributed by atoms with Gasteiger partial charge in [-0.2, -0.15) is 5.10 Å². The molecule has 2 aromatic heterocycles. The summed E-state index contributed by atoms with van der Waals surface area (Å²) in [6.07, 6.45) is 8.24. The Bertz CT molecular complexity index is 1110. The Hall–Kier alpha value is -3.06. The van der Waals surface area contributed by atoms with Gasteiger partial charge < -0.3 is 0 Å². The number of nitrogens with zero attached hydrogens (tertiary/aromatic N) is 6. The summed E-state index contributed by atoms with van der Waals surface area (Å²) in [5, 5.41) is 4.31. The van der Waals surface area contributed by atoms with Crippen LogP contribution in [0.1, 0.15) is 53.5 Å². The van der Waals surface area contributed by atoms with Gasteiger partial charge in [-0.05, 0) is 44.7 Å². The molecular formula is C25H30N6O. The van der Waals surface area contributed by atoms with E-state index in [1.807, 2.05) is 41.0 Å². The van der Waals surface area contributed by atoms with Crippen molar-refractivity contribution < 1.29 is 4.79 Å². The summed E-state index contributed by atoms with van der Waals surface area (Å²) in [6, 6.07) is 10.5. The van der Waals surface area contributed by atoms with E-state index in [4.69, 9.17) is 9.97 Å². The van der Waals surface area contributed by atoms with E-state index in [0.717, 1.165) is 61.7 Å². The van der Waals surface area contributed by atoms with Gasteiger partial charge in [0.05, 0.1) is 12.2 Å². The Morgan fingerprint density at radius 1 is 1.09 bits per heavy atom. The summed E-state index contributed by atoms with van der Waals surface area (Å²) in [5.74, 6) is 1.84. The molecule has 0 spiro atoms. The third-order valence-corrected chi connectivity index (χ3v) is 6.63. The van der Waals surface area contributed by atoms with Crippen LogP contribution < -0.4 is 4.90 Å². The molecule has 0 bridgehead atoms. The molecule has 1 unspecified atom stereocenters. The zero-order chi connectivity index (χ0) is 22.1. The number of carbonyl (C=O) groups excluding carboxylic acids is 1. The number of hydrogen-bond acceptors (Lipinski definition) is 5. The molecule has 1 aromatic carbocycles. The minimum absolute atomic E-state index is 0.163. The Kier molecular flexibility index (Phi) is 5.74. The number of likely N-dealkylation sites (tertiary alicyclic amines) is 1. The highest BCUT2D eigenvalue weighted by atomic mass is 16.2. The lowest BCUT2D eigenvalue weighted by Crippen LogP contribution is -2.38. The van der Waals surface area contributed by atoms with E-state index in [-0.39, 0.29) is 11.9 Å². The second-order valence-electron chi connectivity index (χ2n) is 8.90. The largest absolute Gasteiger partial charge is 0.296 e. The van der Waals surface area contributed by atoms with E-state index in [9.17, 15) is 4.79 Å². The lowest BCUT2D eigenvalue weighted by molar-refractivity contribution is -0.118. The molecule has 166 valence electrons. The topological polar surface area (TPSA) is 67.2 Å². The number of carbonyl (C=O) groups is 1. The van der Waals surface area contributed by atoms with Crippen LogP contribution in [0.25, 0.3) is 0 Å². The summed E-state index contributed by atoms with van der Waals surface area (Å²) in [5.41, 5.74) is 4.57. The van der Waals surface area contributed by atoms with Crippen molar-refractivity contribution in [2.75, 3.05) is 18.0 Å².